The van der Waals surface area contributed by atoms with E-state index < -0.39 is 11.9 Å². The number of ether oxygens (including phenoxy) is 2. The predicted molar refractivity (Wildman–Crippen MR) is 120 cm³/mol. The molecule has 2 aromatic carbocycles. The summed E-state index contributed by atoms with van der Waals surface area (Å²) < 4.78 is 13.4. The van der Waals surface area contributed by atoms with Crippen molar-refractivity contribution in [1.29, 1.82) is 0 Å². The van der Waals surface area contributed by atoms with E-state index in [1.54, 1.807) is 62.6 Å². The normalized spacial score (nSPS) is 10.6. The van der Waals surface area contributed by atoms with Crippen molar-refractivity contribution in [3.63, 3.8) is 0 Å². The Morgan fingerprint density at radius 1 is 1.10 bits per heavy atom. The van der Waals surface area contributed by atoms with E-state index in [0.29, 0.717) is 33.4 Å². The van der Waals surface area contributed by atoms with Crippen LogP contribution in [-0.4, -0.2) is 30.2 Å². The van der Waals surface area contributed by atoms with Gasteiger partial charge in [0, 0.05) is 26.6 Å². The third-order valence-corrected chi connectivity index (χ3v) is 5.26. The van der Waals surface area contributed by atoms with Gasteiger partial charge in [-0.15, -0.1) is 0 Å². The van der Waals surface area contributed by atoms with E-state index in [1.165, 1.54) is 0 Å². The number of carbonyl (C=O) groups is 2. The molecule has 0 bridgehead atoms. The summed E-state index contributed by atoms with van der Waals surface area (Å²) in [6, 6.07) is 14.1. The molecule has 0 fully saturated rings. The average Bonchev–Trinajstić information content (AvgIpc) is 3.02. The maximum Gasteiger partial charge on any atom is 0.340 e. The maximum absolute atomic E-state index is 12.6. The zero-order chi connectivity index (χ0) is 21.8. The number of hydrogen-bond acceptors (Lipinski definition) is 4. The van der Waals surface area contributed by atoms with Gasteiger partial charge in [0.2, 0.25) is 0 Å². The SMILES string of the molecule is COc1ccc(Cl)cc1-n1c(C)cc(C(=O)OCC(=O)Nc2ccc(Br)cc2)c1C. The molecule has 0 aliphatic heterocycles. The van der Waals surface area contributed by atoms with Gasteiger partial charge in [-0.3, -0.25) is 4.79 Å². The van der Waals surface area contributed by atoms with Gasteiger partial charge in [0.05, 0.1) is 18.4 Å². The van der Waals surface area contributed by atoms with Gasteiger partial charge in [-0.05, 0) is 62.4 Å². The van der Waals surface area contributed by atoms with Gasteiger partial charge in [-0.2, -0.15) is 0 Å². The van der Waals surface area contributed by atoms with Gasteiger partial charge in [0.15, 0.2) is 6.61 Å². The highest BCUT2D eigenvalue weighted by Gasteiger charge is 2.20. The van der Waals surface area contributed by atoms with E-state index in [2.05, 4.69) is 21.2 Å². The number of nitrogens with zero attached hydrogens (tertiary/aromatic N) is 1. The lowest BCUT2D eigenvalue weighted by molar-refractivity contribution is -0.119. The molecule has 0 aliphatic carbocycles. The van der Waals surface area contributed by atoms with Gasteiger partial charge < -0.3 is 19.4 Å². The van der Waals surface area contributed by atoms with Crippen molar-refractivity contribution in [3.8, 4) is 11.4 Å². The van der Waals surface area contributed by atoms with Gasteiger partial charge >= 0.3 is 5.97 Å². The maximum atomic E-state index is 12.6. The number of benzene rings is 2. The Bertz CT molecular complexity index is 1090. The second-order valence-electron chi connectivity index (χ2n) is 6.57. The number of esters is 1. The molecule has 1 aromatic heterocycles. The number of carbonyl (C=O) groups excluding carboxylic acids is 2. The zero-order valence-electron chi connectivity index (χ0n) is 16.7. The molecule has 8 heteroatoms. The number of anilines is 1. The molecule has 0 saturated heterocycles. The fourth-order valence-corrected chi connectivity index (χ4v) is 3.55. The fourth-order valence-electron chi connectivity index (χ4n) is 3.12. The molecule has 1 N–H and O–H groups in total. The van der Waals surface area contributed by atoms with E-state index in [9.17, 15) is 9.59 Å². The highest BCUT2D eigenvalue weighted by Crippen LogP contribution is 2.30. The Balaban J connectivity index is 1.74. The number of aromatic nitrogens is 1. The second kappa shape index (κ2) is 9.36. The Morgan fingerprint density at radius 3 is 2.47 bits per heavy atom. The quantitative estimate of drug-likeness (QED) is 0.474. The monoisotopic (exact) mass is 490 g/mol. The van der Waals surface area contributed by atoms with E-state index in [0.717, 1.165) is 10.2 Å². The number of hydrogen-bond donors (Lipinski definition) is 1. The van der Waals surface area contributed by atoms with Crippen LogP contribution in [0.4, 0.5) is 5.69 Å². The molecule has 0 atom stereocenters. The first kappa shape index (κ1) is 21.9. The molecule has 156 valence electrons. The van der Waals surface area contributed by atoms with Crippen LogP contribution >= 0.6 is 27.5 Å². The van der Waals surface area contributed by atoms with Crippen LogP contribution in [0.2, 0.25) is 5.02 Å². The standard InChI is InChI=1S/C22H20BrClN2O4/c1-13-10-18(14(2)26(13)19-11-16(24)6-9-20(19)29-3)22(28)30-12-21(27)25-17-7-4-15(23)5-8-17/h4-11H,12H2,1-3H3,(H,25,27). The molecule has 3 rings (SSSR count). The number of methoxy groups -OCH3 is 1. The summed E-state index contributed by atoms with van der Waals surface area (Å²) in [4.78, 5) is 24.7. The van der Waals surface area contributed by atoms with Crippen molar-refractivity contribution >= 4 is 45.1 Å². The molecule has 0 aliphatic rings. The summed E-state index contributed by atoms with van der Waals surface area (Å²) in [5.41, 5.74) is 3.16. The Morgan fingerprint density at radius 2 is 1.80 bits per heavy atom. The number of rotatable bonds is 6. The van der Waals surface area contributed by atoms with Crippen molar-refractivity contribution in [3.05, 3.63) is 75.0 Å². The molecule has 0 radical (unpaired) electrons. The molecule has 0 spiro atoms. The molecule has 1 amide bonds. The van der Waals surface area contributed by atoms with Crippen molar-refractivity contribution in [2.45, 2.75) is 13.8 Å². The van der Waals surface area contributed by atoms with Crippen molar-refractivity contribution < 1.29 is 19.1 Å². The van der Waals surface area contributed by atoms with Crippen LogP contribution in [0.25, 0.3) is 5.69 Å². The Labute approximate surface area is 187 Å². The molecule has 6 nitrogen and oxygen atoms in total. The third-order valence-electron chi connectivity index (χ3n) is 4.50. The summed E-state index contributed by atoms with van der Waals surface area (Å²) in [6.07, 6.45) is 0. The topological polar surface area (TPSA) is 69.6 Å². The lowest BCUT2D eigenvalue weighted by Crippen LogP contribution is -2.21. The highest BCUT2D eigenvalue weighted by molar-refractivity contribution is 9.10. The minimum absolute atomic E-state index is 0.367. The Kier molecular flexibility index (Phi) is 6.84. The predicted octanol–water partition coefficient (Wildman–Crippen LogP) is 5.31. The smallest absolute Gasteiger partial charge is 0.340 e. The van der Waals surface area contributed by atoms with E-state index in [-0.39, 0.29) is 6.61 Å². The lowest BCUT2D eigenvalue weighted by atomic mass is 10.2. The largest absolute Gasteiger partial charge is 0.495 e. The van der Waals surface area contributed by atoms with Crippen LogP contribution in [0, 0.1) is 13.8 Å². The second-order valence-corrected chi connectivity index (χ2v) is 7.92. The third kappa shape index (κ3) is 4.86. The minimum atomic E-state index is -0.582. The number of aryl methyl sites for hydroxylation is 1. The highest BCUT2D eigenvalue weighted by atomic mass is 79.9. The molecular weight excluding hydrogens is 472 g/mol. The first-order valence-corrected chi connectivity index (χ1v) is 10.2. The molecular formula is C22H20BrClN2O4. The van der Waals surface area contributed by atoms with Crippen LogP contribution in [0.1, 0.15) is 21.7 Å². The van der Waals surface area contributed by atoms with Crippen molar-refractivity contribution in [2.75, 3.05) is 19.0 Å². The zero-order valence-corrected chi connectivity index (χ0v) is 19.0. The number of amides is 1. The molecule has 0 saturated carbocycles. The van der Waals surface area contributed by atoms with Crippen LogP contribution in [0.15, 0.2) is 53.0 Å². The summed E-state index contributed by atoms with van der Waals surface area (Å²) in [7, 11) is 1.57. The number of nitrogens with one attached hydrogen (secondary N) is 1. The van der Waals surface area contributed by atoms with Gasteiger partial charge in [0.1, 0.15) is 5.75 Å². The first-order valence-electron chi connectivity index (χ1n) is 9.05. The van der Waals surface area contributed by atoms with Gasteiger partial charge in [-0.1, -0.05) is 27.5 Å². The fraction of sp³-hybridized carbons (Fsp3) is 0.182. The van der Waals surface area contributed by atoms with E-state index in [4.69, 9.17) is 21.1 Å². The molecule has 30 heavy (non-hydrogen) atoms. The number of halogens is 2. The first-order chi connectivity index (χ1) is 14.3. The van der Waals surface area contributed by atoms with Crippen LogP contribution in [0.3, 0.4) is 0 Å². The van der Waals surface area contributed by atoms with E-state index >= 15 is 0 Å². The van der Waals surface area contributed by atoms with Gasteiger partial charge in [-0.25, -0.2) is 4.79 Å². The summed E-state index contributed by atoms with van der Waals surface area (Å²) in [5, 5.41) is 3.23. The Hall–Kier alpha value is -2.77. The summed E-state index contributed by atoms with van der Waals surface area (Å²) in [6.45, 7) is 3.27. The molecule has 3 aromatic rings. The molecule has 1 heterocycles. The van der Waals surface area contributed by atoms with Crippen LogP contribution < -0.4 is 10.1 Å². The molecule has 0 unspecified atom stereocenters. The van der Waals surface area contributed by atoms with Crippen LogP contribution in [0.5, 0.6) is 5.75 Å². The lowest BCUT2D eigenvalue weighted by Gasteiger charge is -2.14. The van der Waals surface area contributed by atoms with Crippen molar-refractivity contribution in [2.24, 2.45) is 0 Å². The van der Waals surface area contributed by atoms with Crippen LogP contribution in [-0.2, 0) is 9.53 Å². The average molecular weight is 492 g/mol. The minimum Gasteiger partial charge on any atom is -0.495 e. The summed E-state index contributed by atoms with van der Waals surface area (Å²) in [5.74, 6) is -0.382. The summed E-state index contributed by atoms with van der Waals surface area (Å²) >= 11 is 9.48. The van der Waals surface area contributed by atoms with Crippen molar-refractivity contribution in [1.82, 2.24) is 4.57 Å². The van der Waals surface area contributed by atoms with E-state index in [1.807, 2.05) is 11.5 Å². The van der Waals surface area contributed by atoms with Gasteiger partial charge in [0.25, 0.3) is 5.91 Å².